The summed E-state index contributed by atoms with van der Waals surface area (Å²) in [4.78, 5) is 2.42. The molecule has 0 aromatic carbocycles. The zero-order chi connectivity index (χ0) is 9.68. The molecule has 1 aliphatic rings. The van der Waals surface area contributed by atoms with Gasteiger partial charge in [-0.3, -0.25) is 0 Å². The predicted octanol–water partition coefficient (Wildman–Crippen LogP) is 1.86. The van der Waals surface area contributed by atoms with Gasteiger partial charge in [0.2, 0.25) is 0 Å². The second-order valence-electron chi connectivity index (χ2n) is 4.26. The predicted molar refractivity (Wildman–Crippen MR) is 58.0 cm³/mol. The lowest BCUT2D eigenvalue weighted by Gasteiger charge is -2.32. The Labute approximate surface area is 82.7 Å². The van der Waals surface area contributed by atoms with Gasteiger partial charge in [-0.05, 0) is 45.8 Å². The third kappa shape index (κ3) is 3.65. The molecule has 0 spiro atoms. The van der Waals surface area contributed by atoms with Crippen LogP contribution in [0.3, 0.4) is 0 Å². The van der Waals surface area contributed by atoms with Crippen LogP contribution in [0.4, 0.5) is 0 Å². The molecular weight excluding hydrogens is 160 g/mol. The highest BCUT2D eigenvalue weighted by Gasteiger charge is 2.17. The van der Waals surface area contributed by atoms with Crippen molar-refractivity contribution < 1.29 is 0 Å². The van der Waals surface area contributed by atoms with E-state index in [1.165, 1.54) is 38.8 Å². The van der Waals surface area contributed by atoms with Crippen LogP contribution in [0.25, 0.3) is 0 Å². The summed E-state index contributed by atoms with van der Waals surface area (Å²) >= 11 is 0. The van der Waals surface area contributed by atoms with Crippen LogP contribution in [0.2, 0.25) is 0 Å². The molecule has 0 atom stereocenters. The first-order valence-corrected chi connectivity index (χ1v) is 5.70. The van der Waals surface area contributed by atoms with E-state index in [9.17, 15) is 0 Å². The normalized spacial score (nSPS) is 21.2. The minimum absolute atomic E-state index is 0.744. The molecule has 13 heavy (non-hydrogen) atoms. The quantitative estimate of drug-likeness (QED) is 0.717. The Hall–Kier alpha value is -0.0800. The molecule has 0 aromatic rings. The zero-order valence-electron chi connectivity index (χ0n) is 9.34. The van der Waals surface area contributed by atoms with Gasteiger partial charge in [-0.15, -0.1) is 0 Å². The molecule has 0 bridgehead atoms. The third-order valence-corrected chi connectivity index (χ3v) is 3.18. The molecule has 1 rings (SSSR count). The van der Waals surface area contributed by atoms with E-state index in [1.807, 2.05) is 0 Å². The molecule has 0 aliphatic carbocycles. The molecule has 78 valence electrons. The van der Waals surface area contributed by atoms with E-state index < -0.39 is 0 Å². The van der Waals surface area contributed by atoms with Gasteiger partial charge in [0.1, 0.15) is 0 Å². The summed E-state index contributed by atoms with van der Waals surface area (Å²) in [5.41, 5.74) is 0. The van der Waals surface area contributed by atoms with Gasteiger partial charge >= 0.3 is 0 Å². The Bertz CT molecular complexity index is 124. The first-order valence-electron chi connectivity index (χ1n) is 5.70. The first-order chi connectivity index (χ1) is 6.26. The Kier molecular flexibility index (Phi) is 4.74. The van der Waals surface area contributed by atoms with Gasteiger partial charge in [-0.2, -0.15) is 0 Å². The highest BCUT2D eigenvalue weighted by Crippen LogP contribution is 2.10. The van der Waals surface area contributed by atoms with Crippen LogP contribution in [-0.4, -0.2) is 37.1 Å². The Morgan fingerprint density at radius 3 is 2.23 bits per heavy atom. The summed E-state index contributed by atoms with van der Waals surface area (Å²) in [6.45, 7) is 7.07. The van der Waals surface area contributed by atoms with E-state index in [4.69, 9.17) is 0 Å². The molecule has 0 radical (unpaired) electrons. The standard InChI is InChI=1S/C11H24N2/c1-4-10(5-2)12-11-6-8-13(3)9-7-11/h10-12H,4-9H2,1-3H3. The third-order valence-electron chi connectivity index (χ3n) is 3.18. The van der Waals surface area contributed by atoms with Crippen molar-refractivity contribution in [2.75, 3.05) is 20.1 Å². The number of hydrogen-bond donors (Lipinski definition) is 1. The minimum Gasteiger partial charge on any atom is -0.311 e. The Morgan fingerprint density at radius 1 is 1.23 bits per heavy atom. The van der Waals surface area contributed by atoms with Crippen LogP contribution >= 0.6 is 0 Å². The fraction of sp³-hybridized carbons (Fsp3) is 1.00. The van der Waals surface area contributed by atoms with Crippen molar-refractivity contribution in [1.82, 2.24) is 10.2 Å². The van der Waals surface area contributed by atoms with E-state index in [0.717, 1.165) is 12.1 Å². The van der Waals surface area contributed by atoms with Crippen LogP contribution < -0.4 is 5.32 Å². The highest BCUT2D eigenvalue weighted by atomic mass is 15.1. The fourth-order valence-electron chi connectivity index (χ4n) is 2.03. The van der Waals surface area contributed by atoms with Crippen LogP contribution in [0.15, 0.2) is 0 Å². The SMILES string of the molecule is CCC(CC)NC1CCN(C)CC1. The lowest BCUT2D eigenvalue weighted by Crippen LogP contribution is -2.44. The summed E-state index contributed by atoms with van der Waals surface area (Å²) in [5, 5.41) is 3.75. The van der Waals surface area contributed by atoms with Crippen molar-refractivity contribution in [3.05, 3.63) is 0 Å². The van der Waals surface area contributed by atoms with Crippen LogP contribution in [0.1, 0.15) is 39.5 Å². The van der Waals surface area contributed by atoms with E-state index in [0.29, 0.717) is 0 Å². The maximum atomic E-state index is 3.75. The largest absolute Gasteiger partial charge is 0.311 e. The maximum Gasteiger partial charge on any atom is 0.00939 e. The molecule has 1 heterocycles. The first kappa shape index (κ1) is 11.0. The van der Waals surface area contributed by atoms with Gasteiger partial charge in [-0.1, -0.05) is 13.8 Å². The fourth-order valence-corrected chi connectivity index (χ4v) is 2.03. The minimum atomic E-state index is 0.744. The van der Waals surface area contributed by atoms with Crippen molar-refractivity contribution in [1.29, 1.82) is 0 Å². The van der Waals surface area contributed by atoms with Gasteiger partial charge in [0.15, 0.2) is 0 Å². The summed E-state index contributed by atoms with van der Waals surface area (Å²) in [6.07, 6.45) is 5.19. The Morgan fingerprint density at radius 2 is 1.77 bits per heavy atom. The number of likely N-dealkylation sites (tertiary alicyclic amines) is 1. The summed E-state index contributed by atoms with van der Waals surface area (Å²) < 4.78 is 0. The maximum absolute atomic E-state index is 3.75. The molecule has 0 amide bonds. The molecule has 1 aliphatic heterocycles. The lowest BCUT2D eigenvalue weighted by molar-refractivity contribution is 0.222. The summed E-state index contributed by atoms with van der Waals surface area (Å²) in [6, 6.07) is 1.52. The lowest BCUT2D eigenvalue weighted by atomic mass is 10.0. The number of hydrogen-bond acceptors (Lipinski definition) is 2. The molecule has 0 saturated carbocycles. The van der Waals surface area contributed by atoms with Crippen LogP contribution in [0.5, 0.6) is 0 Å². The van der Waals surface area contributed by atoms with Crippen molar-refractivity contribution in [3.8, 4) is 0 Å². The van der Waals surface area contributed by atoms with Crippen LogP contribution in [-0.2, 0) is 0 Å². The van der Waals surface area contributed by atoms with E-state index in [-0.39, 0.29) is 0 Å². The van der Waals surface area contributed by atoms with E-state index in [1.54, 1.807) is 0 Å². The molecule has 1 N–H and O–H groups in total. The monoisotopic (exact) mass is 184 g/mol. The van der Waals surface area contributed by atoms with Gasteiger partial charge in [-0.25, -0.2) is 0 Å². The molecule has 0 unspecified atom stereocenters. The highest BCUT2D eigenvalue weighted by molar-refractivity contribution is 4.78. The number of rotatable bonds is 4. The molecule has 0 aromatic heterocycles. The summed E-state index contributed by atoms with van der Waals surface area (Å²) in [7, 11) is 2.22. The van der Waals surface area contributed by atoms with Crippen molar-refractivity contribution in [3.63, 3.8) is 0 Å². The van der Waals surface area contributed by atoms with Gasteiger partial charge in [0, 0.05) is 12.1 Å². The van der Waals surface area contributed by atoms with Crippen molar-refractivity contribution >= 4 is 0 Å². The van der Waals surface area contributed by atoms with Crippen molar-refractivity contribution in [2.45, 2.75) is 51.6 Å². The smallest absolute Gasteiger partial charge is 0.00939 e. The number of nitrogens with one attached hydrogen (secondary N) is 1. The topological polar surface area (TPSA) is 15.3 Å². The number of piperidine rings is 1. The van der Waals surface area contributed by atoms with Crippen LogP contribution in [0, 0.1) is 0 Å². The van der Waals surface area contributed by atoms with E-state index in [2.05, 4.69) is 31.1 Å². The van der Waals surface area contributed by atoms with E-state index >= 15 is 0 Å². The van der Waals surface area contributed by atoms with Crippen molar-refractivity contribution in [2.24, 2.45) is 0 Å². The van der Waals surface area contributed by atoms with Gasteiger partial charge in [0.25, 0.3) is 0 Å². The second-order valence-corrected chi connectivity index (χ2v) is 4.26. The molecule has 2 heteroatoms. The second kappa shape index (κ2) is 5.61. The van der Waals surface area contributed by atoms with Gasteiger partial charge < -0.3 is 10.2 Å². The number of nitrogens with zero attached hydrogens (tertiary/aromatic N) is 1. The molecule has 1 fully saturated rings. The molecule has 2 nitrogen and oxygen atoms in total. The Balaban J connectivity index is 2.21. The average molecular weight is 184 g/mol. The average Bonchev–Trinajstić information content (AvgIpc) is 2.17. The molecule has 1 saturated heterocycles. The van der Waals surface area contributed by atoms with Gasteiger partial charge in [0.05, 0.1) is 0 Å². The zero-order valence-corrected chi connectivity index (χ0v) is 9.34. The molecular formula is C11H24N2. The summed E-state index contributed by atoms with van der Waals surface area (Å²) in [5.74, 6) is 0.